The Labute approximate surface area is 198 Å². The number of pyridine rings is 2. The fourth-order valence-corrected chi connectivity index (χ4v) is 4.16. The zero-order chi connectivity index (χ0) is 23.0. The van der Waals surface area contributed by atoms with E-state index in [1.165, 1.54) is 0 Å². The van der Waals surface area contributed by atoms with Crippen molar-refractivity contribution >= 4 is 0 Å². The minimum Gasteiger partial charge on any atom is -0.364 e. The van der Waals surface area contributed by atoms with E-state index in [1.54, 1.807) is 0 Å². The van der Waals surface area contributed by atoms with E-state index in [0.29, 0.717) is 0 Å². The van der Waals surface area contributed by atoms with Gasteiger partial charge in [-0.1, -0.05) is 12.1 Å². The highest BCUT2D eigenvalue weighted by Gasteiger charge is 2.20. The molecule has 4 N–H and O–H groups in total. The predicted octanol–water partition coefficient (Wildman–Crippen LogP) is 5.84. The molecule has 0 unspecified atom stereocenters. The first kappa shape index (κ1) is 21.3. The van der Waals surface area contributed by atoms with Crippen LogP contribution in [-0.4, -0.2) is 29.9 Å². The van der Waals surface area contributed by atoms with Gasteiger partial charge in [-0.05, 0) is 72.8 Å². The average Bonchev–Trinajstić information content (AvgIpc) is 3.71. The fraction of sp³-hybridized carbons (Fsp3) is 0.0714. The van der Waals surface area contributed by atoms with Gasteiger partial charge < -0.3 is 19.9 Å². The molecule has 0 radical (unpaired) electrons. The third-order valence-corrected chi connectivity index (χ3v) is 5.70. The van der Waals surface area contributed by atoms with Crippen molar-refractivity contribution in [3.8, 4) is 0 Å². The molecule has 6 heterocycles. The third-order valence-electron chi connectivity index (χ3n) is 5.70. The van der Waals surface area contributed by atoms with Crippen molar-refractivity contribution in [2.75, 3.05) is 0 Å². The van der Waals surface area contributed by atoms with E-state index in [9.17, 15) is 0 Å². The summed E-state index contributed by atoms with van der Waals surface area (Å²) in [6.45, 7) is 0. The molecule has 0 bridgehead atoms. The summed E-state index contributed by atoms with van der Waals surface area (Å²) in [5.74, 6) is 0.280. The molecule has 0 fully saturated rings. The van der Waals surface area contributed by atoms with Gasteiger partial charge in [0.1, 0.15) is 0 Å². The molecular weight excluding hydrogens is 420 g/mol. The number of hydrogen-bond donors (Lipinski definition) is 4. The molecule has 0 amide bonds. The number of hydrogen-bond acceptors (Lipinski definition) is 2. The summed E-state index contributed by atoms with van der Waals surface area (Å²) < 4.78 is 0. The molecule has 0 aliphatic carbocycles. The van der Waals surface area contributed by atoms with Gasteiger partial charge in [-0.15, -0.1) is 0 Å². The maximum absolute atomic E-state index is 4.45. The second-order valence-corrected chi connectivity index (χ2v) is 7.88. The molecule has 0 spiro atoms. The summed E-state index contributed by atoms with van der Waals surface area (Å²) in [5, 5.41) is 0. The van der Waals surface area contributed by atoms with Crippen molar-refractivity contribution in [1.82, 2.24) is 29.9 Å². The maximum Gasteiger partial charge on any atom is 0.0813 e. The Morgan fingerprint density at radius 1 is 0.412 bits per heavy atom. The van der Waals surface area contributed by atoms with Gasteiger partial charge in [-0.2, -0.15) is 0 Å². The molecule has 6 aromatic rings. The average molecular weight is 447 g/mol. The first-order valence-electron chi connectivity index (χ1n) is 11.2. The van der Waals surface area contributed by atoms with E-state index in [-0.39, 0.29) is 11.8 Å². The Morgan fingerprint density at radius 3 is 1.00 bits per heavy atom. The van der Waals surface area contributed by atoms with Gasteiger partial charge in [0, 0.05) is 60.0 Å². The number of aromatic nitrogens is 6. The van der Waals surface area contributed by atoms with Gasteiger partial charge in [0.15, 0.2) is 0 Å². The normalized spacial score (nSPS) is 10.9. The predicted molar refractivity (Wildman–Crippen MR) is 134 cm³/mol. The molecule has 6 nitrogen and oxygen atoms in total. The summed E-state index contributed by atoms with van der Waals surface area (Å²) in [6, 6.07) is 28.4. The smallest absolute Gasteiger partial charge is 0.0813 e. The molecule has 0 aliphatic heterocycles. The summed E-state index contributed by atoms with van der Waals surface area (Å²) in [5.41, 5.74) is 6.66. The van der Waals surface area contributed by atoms with Crippen molar-refractivity contribution in [2.45, 2.75) is 11.8 Å². The molecule has 6 aromatic heterocycles. The van der Waals surface area contributed by atoms with E-state index in [2.05, 4.69) is 54.2 Å². The first-order chi connectivity index (χ1) is 16.9. The van der Waals surface area contributed by atoms with Crippen molar-refractivity contribution < 1.29 is 0 Å². The van der Waals surface area contributed by atoms with Gasteiger partial charge in [-0.25, -0.2) is 0 Å². The van der Waals surface area contributed by atoms with Crippen LogP contribution >= 0.6 is 0 Å². The van der Waals surface area contributed by atoms with Gasteiger partial charge in [0.25, 0.3) is 0 Å². The number of aromatic amines is 4. The topological polar surface area (TPSA) is 88.9 Å². The Kier molecular flexibility index (Phi) is 6.48. The monoisotopic (exact) mass is 446 g/mol. The molecular formula is C28H26N6. The second kappa shape index (κ2) is 10.4. The van der Waals surface area contributed by atoms with Gasteiger partial charge in [0.05, 0.1) is 23.2 Å². The Morgan fingerprint density at radius 2 is 0.765 bits per heavy atom. The maximum atomic E-state index is 4.45. The van der Waals surface area contributed by atoms with Crippen molar-refractivity contribution in [3.63, 3.8) is 0 Å². The van der Waals surface area contributed by atoms with Crippen LogP contribution in [-0.2, 0) is 0 Å². The summed E-state index contributed by atoms with van der Waals surface area (Å²) in [6.07, 6.45) is 11.4. The highest BCUT2D eigenvalue weighted by Crippen LogP contribution is 2.29. The molecule has 0 atom stereocenters. The number of rotatable bonds is 6. The fourth-order valence-electron chi connectivity index (χ4n) is 4.16. The minimum atomic E-state index is 0.140. The van der Waals surface area contributed by atoms with E-state index in [0.717, 1.165) is 34.2 Å². The summed E-state index contributed by atoms with van der Waals surface area (Å²) in [7, 11) is 0. The van der Waals surface area contributed by atoms with Crippen LogP contribution in [0.15, 0.2) is 122 Å². The van der Waals surface area contributed by atoms with E-state index in [4.69, 9.17) is 0 Å². The van der Waals surface area contributed by atoms with Gasteiger partial charge in [-0.3, -0.25) is 9.97 Å². The lowest BCUT2D eigenvalue weighted by molar-refractivity contribution is 0.857. The number of nitrogens with one attached hydrogen (secondary N) is 4. The standard InChI is InChI=1S/2C14H13N3/c2*1-2-8-15-11(5-1)14(12-6-3-9-16-12)13-7-4-10-17-13/h2*1-10,14,16-17H. The molecule has 0 aliphatic rings. The van der Waals surface area contributed by atoms with Crippen LogP contribution in [0.3, 0.4) is 0 Å². The van der Waals surface area contributed by atoms with E-state index >= 15 is 0 Å². The van der Waals surface area contributed by atoms with Crippen molar-refractivity contribution in [3.05, 3.63) is 156 Å². The highest BCUT2D eigenvalue weighted by atomic mass is 14.8. The lowest BCUT2D eigenvalue weighted by atomic mass is 9.97. The van der Waals surface area contributed by atoms with Crippen LogP contribution < -0.4 is 0 Å². The van der Waals surface area contributed by atoms with Crippen LogP contribution in [0.1, 0.15) is 46.0 Å². The molecule has 34 heavy (non-hydrogen) atoms. The lowest BCUT2D eigenvalue weighted by Crippen LogP contribution is -2.05. The Balaban J connectivity index is 0.000000142. The molecule has 168 valence electrons. The third kappa shape index (κ3) is 4.76. The highest BCUT2D eigenvalue weighted by molar-refractivity contribution is 5.35. The second-order valence-electron chi connectivity index (χ2n) is 7.88. The number of nitrogens with zero attached hydrogens (tertiary/aromatic N) is 2. The van der Waals surface area contributed by atoms with Crippen LogP contribution in [0.5, 0.6) is 0 Å². The van der Waals surface area contributed by atoms with Gasteiger partial charge in [0.2, 0.25) is 0 Å². The van der Waals surface area contributed by atoms with E-state index in [1.807, 2.05) is 97.8 Å². The van der Waals surface area contributed by atoms with Crippen LogP contribution in [0.25, 0.3) is 0 Å². The quantitative estimate of drug-likeness (QED) is 0.259. The molecule has 0 aromatic carbocycles. The van der Waals surface area contributed by atoms with E-state index < -0.39 is 0 Å². The molecule has 6 rings (SSSR count). The first-order valence-corrected chi connectivity index (χ1v) is 11.2. The summed E-state index contributed by atoms with van der Waals surface area (Å²) >= 11 is 0. The van der Waals surface area contributed by atoms with Gasteiger partial charge >= 0.3 is 0 Å². The zero-order valence-corrected chi connectivity index (χ0v) is 18.6. The summed E-state index contributed by atoms with van der Waals surface area (Å²) in [4.78, 5) is 22.0. The SMILES string of the molecule is c1ccc(C(c2ccc[nH]2)c2ccc[nH]2)nc1.c1ccc(C(c2ccc[nH]2)c2ccc[nH]2)nc1. The van der Waals surface area contributed by atoms with Crippen LogP contribution in [0, 0.1) is 0 Å². The minimum absolute atomic E-state index is 0.140. The van der Waals surface area contributed by atoms with Crippen LogP contribution in [0.2, 0.25) is 0 Å². The van der Waals surface area contributed by atoms with Crippen molar-refractivity contribution in [1.29, 1.82) is 0 Å². The van der Waals surface area contributed by atoms with Crippen LogP contribution in [0.4, 0.5) is 0 Å². The lowest BCUT2D eigenvalue weighted by Gasteiger charge is -2.13. The molecule has 0 saturated heterocycles. The van der Waals surface area contributed by atoms with Crippen molar-refractivity contribution in [2.24, 2.45) is 0 Å². The molecule has 0 saturated carbocycles. The number of H-pyrrole nitrogens is 4. The molecule has 6 heteroatoms. The Hall–Kier alpha value is -4.58. The largest absolute Gasteiger partial charge is 0.364 e. The Bertz CT molecular complexity index is 1150. The zero-order valence-electron chi connectivity index (χ0n) is 18.6.